The second-order valence-electron chi connectivity index (χ2n) is 13.2. The minimum absolute atomic E-state index is 0.00343. The van der Waals surface area contributed by atoms with E-state index in [1.54, 1.807) is 43.0 Å². The highest BCUT2D eigenvalue weighted by atomic mass is 32.1. The van der Waals surface area contributed by atoms with Crippen LogP contribution in [0.3, 0.4) is 0 Å². The molecule has 0 spiro atoms. The van der Waals surface area contributed by atoms with Gasteiger partial charge in [-0.1, -0.05) is 77.1 Å². The van der Waals surface area contributed by atoms with Gasteiger partial charge in [0, 0.05) is 29.3 Å². The zero-order chi connectivity index (χ0) is 34.0. The van der Waals surface area contributed by atoms with E-state index in [-0.39, 0.29) is 40.6 Å². The first-order valence-electron chi connectivity index (χ1n) is 15.6. The number of hydrogen-bond donors (Lipinski definition) is 0. The van der Waals surface area contributed by atoms with E-state index in [2.05, 4.69) is 0 Å². The van der Waals surface area contributed by atoms with Gasteiger partial charge in [-0.05, 0) is 47.7 Å². The van der Waals surface area contributed by atoms with Gasteiger partial charge in [-0.3, -0.25) is 19.3 Å². The van der Waals surface area contributed by atoms with Crippen LogP contribution in [0.2, 0.25) is 0 Å². The van der Waals surface area contributed by atoms with Crippen LogP contribution in [-0.4, -0.2) is 51.8 Å². The fourth-order valence-electron chi connectivity index (χ4n) is 6.09. The molecule has 6 nitrogen and oxygen atoms in total. The molecule has 47 heavy (non-hydrogen) atoms. The number of hydrogen-bond acceptors (Lipinski definition) is 5. The Morgan fingerprint density at radius 2 is 1.53 bits per heavy atom. The first kappa shape index (κ1) is 34.0. The molecule has 2 heterocycles. The summed E-state index contributed by atoms with van der Waals surface area (Å²) in [6, 6.07) is 17.5. The number of carbonyl (C=O) groups is 3. The summed E-state index contributed by atoms with van der Waals surface area (Å²) in [5, 5.41) is 0.279. The Labute approximate surface area is 277 Å². The lowest BCUT2D eigenvalue weighted by atomic mass is 9.82. The van der Waals surface area contributed by atoms with Crippen LogP contribution in [-0.2, 0) is 11.2 Å². The Kier molecular flexibility index (Phi) is 10.0. The molecule has 10 heteroatoms. The third kappa shape index (κ3) is 7.02. The number of alkyl halides is 1. The second kappa shape index (κ2) is 13.8. The number of halogens is 3. The minimum atomic E-state index is -1.10. The monoisotopic (exact) mass is 661 g/mol. The Morgan fingerprint density at radius 1 is 0.915 bits per heavy atom. The van der Waals surface area contributed by atoms with Crippen molar-refractivity contribution in [2.45, 2.75) is 59.5 Å². The van der Waals surface area contributed by atoms with Crippen LogP contribution >= 0.6 is 11.3 Å². The topological polar surface area (TPSA) is 70.6 Å². The predicted octanol–water partition coefficient (Wildman–Crippen LogP) is 8.28. The van der Waals surface area contributed by atoms with Crippen molar-refractivity contribution in [2.24, 2.45) is 11.3 Å². The molecule has 3 aromatic carbocycles. The maximum atomic E-state index is 15.0. The van der Waals surface area contributed by atoms with Crippen molar-refractivity contribution in [1.82, 2.24) is 14.8 Å². The van der Waals surface area contributed by atoms with Crippen molar-refractivity contribution in [2.75, 3.05) is 13.2 Å². The molecule has 0 bridgehead atoms. The second-order valence-corrected chi connectivity index (χ2v) is 14.3. The standard InChI is InChI=1S/C37H38F3N3O3S/c1-22(2)34(44)42(18-17-25(21-38)43-35(45)26-13-9-10-14-27(26)36(43)46)32(37(3,4)5)31-30(19-23-11-7-6-8-12-23)47-33(41-31)28-20-24(39)15-16-29(28)40/h6-16,20,22,25,32H,17-19,21H2,1-5H3/t25-,32-/m0/s1. The van der Waals surface area contributed by atoms with Gasteiger partial charge in [0.05, 0.1) is 28.9 Å². The third-order valence-corrected chi connectivity index (χ3v) is 9.44. The van der Waals surface area contributed by atoms with Crippen molar-refractivity contribution in [3.8, 4) is 10.6 Å². The molecule has 1 aliphatic heterocycles. The van der Waals surface area contributed by atoms with Crippen LogP contribution in [0.1, 0.15) is 83.9 Å². The van der Waals surface area contributed by atoms with Crippen molar-refractivity contribution in [3.63, 3.8) is 0 Å². The van der Waals surface area contributed by atoms with Gasteiger partial charge < -0.3 is 4.90 Å². The van der Waals surface area contributed by atoms with Crippen molar-refractivity contribution >= 4 is 29.1 Å². The van der Waals surface area contributed by atoms with Gasteiger partial charge in [0.2, 0.25) is 5.91 Å². The number of aromatic nitrogens is 1. The minimum Gasteiger partial charge on any atom is -0.333 e. The van der Waals surface area contributed by atoms with Crippen LogP contribution in [0, 0.1) is 23.0 Å². The largest absolute Gasteiger partial charge is 0.333 e. The summed E-state index contributed by atoms with van der Waals surface area (Å²) in [5.74, 6) is -3.01. The summed E-state index contributed by atoms with van der Waals surface area (Å²) in [5.41, 5.74) is 1.36. The quantitative estimate of drug-likeness (QED) is 0.152. The summed E-state index contributed by atoms with van der Waals surface area (Å²) < 4.78 is 44.1. The number of nitrogens with zero attached hydrogens (tertiary/aromatic N) is 3. The van der Waals surface area contributed by atoms with E-state index >= 15 is 4.39 Å². The SMILES string of the molecule is CC(C)C(=O)N(CC[C@@H](CF)N1C(=O)c2ccccc2C1=O)[C@@H](c1nc(-c2cc(F)ccc2F)sc1Cc1ccccc1)C(C)(C)C. The van der Waals surface area contributed by atoms with E-state index in [9.17, 15) is 23.2 Å². The summed E-state index contributed by atoms with van der Waals surface area (Å²) in [7, 11) is 0. The number of imide groups is 1. The molecule has 0 saturated carbocycles. The van der Waals surface area contributed by atoms with Gasteiger partial charge in [0.15, 0.2) is 0 Å². The molecule has 0 radical (unpaired) electrons. The van der Waals surface area contributed by atoms with Crippen molar-refractivity contribution < 1.29 is 27.6 Å². The Balaban J connectivity index is 1.57. The summed E-state index contributed by atoms with van der Waals surface area (Å²) in [4.78, 5) is 48.7. The van der Waals surface area contributed by atoms with Crippen molar-refractivity contribution in [1.29, 1.82) is 0 Å². The highest BCUT2D eigenvalue weighted by Gasteiger charge is 2.42. The summed E-state index contributed by atoms with van der Waals surface area (Å²) in [6.45, 7) is 8.47. The number of rotatable bonds is 11. The Hall–Kier alpha value is -4.31. The fraction of sp³-hybridized carbons (Fsp3) is 0.351. The van der Waals surface area contributed by atoms with E-state index in [1.807, 2.05) is 51.1 Å². The first-order chi connectivity index (χ1) is 22.3. The first-order valence-corrected chi connectivity index (χ1v) is 16.5. The molecule has 246 valence electrons. The molecule has 0 unspecified atom stereocenters. The van der Waals surface area contributed by atoms with Gasteiger partial charge in [0.25, 0.3) is 11.8 Å². The van der Waals surface area contributed by atoms with E-state index in [4.69, 9.17) is 4.98 Å². The zero-order valence-corrected chi connectivity index (χ0v) is 27.9. The number of benzene rings is 3. The molecular weight excluding hydrogens is 623 g/mol. The molecule has 4 aromatic rings. The molecule has 2 atom stereocenters. The lowest BCUT2D eigenvalue weighted by Gasteiger charge is -2.41. The smallest absolute Gasteiger partial charge is 0.261 e. The van der Waals surface area contributed by atoms with Crippen LogP contribution in [0.15, 0.2) is 72.8 Å². The summed E-state index contributed by atoms with van der Waals surface area (Å²) >= 11 is 1.24. The molecule has 0 aliphatic carbocycles. The predicted molar refractivity (Wildman–Crippen MR) is 177 cm³/mol. The number of fused-ring (bicyclic) bond motifs is 1. The highest BCUT2D eigenvalue weighted by Crippen LogP contribution is 2.44. The van der Waals surface area contributed by atoms with Crippen LogP contribution < -0.4 is 0 Å². The van der Waals surface area contributed by atoms with Gasteiger partial charge in [-0.2, -0.15) is 0 Å². The van der Waals surface area contributed by atoms with Crippen LogP contribution in [0.25, 0.3) is 10.6 Å². The van der Waals surface area contributed by atoms with Gasteiger partial charge in [-0.15, -0.1) is 11.3 Å². The average molecular weight is 662 g/mol. The molecule has 1 aliphatic rings. The molecule has 1 aromatic heterocycles. The van der Waals surface area contributed by atoms with E-state index < -0.39 is 53.5 Å². The molecule has 0 saturated heterocycles. The van der Waals surface area contributed by atoms with E-state index in [1.165, 1.54) is 11.3 Å². The zero-order valence-electron chi connectivity index (χ0n) is 27.1. The Bertz CT molecular complexity index is 1750. The van der Waals surface area contributed by atoms with Gasteiger partial charge >= 0.3 is 0 Å². The lowest BCUT2D eigenvalue weighted by Crippen LogP contribution is -2.47. The number of carbonyl (C=O) groups excluding carboxylic acids is 3. The van der Waals surface area contributed by atoms with Crippen molar-refractivity contribution in [3.05, 3.63) is 112 Å². The van der Waals surface area contributed by atoms with Crippen LogP contribution in [0.5, 0.6) is 0 Å². The molecular formula is C37H38F3N3O3S. The Morgan fingerprint density at radius 3 is 2.11 bits per heavy atom. The molecule has 0 fully saturated rings. The average Bonchev–Trinajstić information content (AvgIpc) is 3.55. The van der Waals surface area contributed by atoms with Gasteiger partial charge in [0.1, 0.15) is 23.3 Å². The maximum Gasteiger partial charge on any atom is 0.261 e. The summed E-state index contributed by atoms with van der Waals surface area (Å²) in [6.07, 6.45) is 0.430. The molecule has 0 N–H and O–H groups in total. The van der Waals surface area contributed by atoms with E-state index in [0.29, 0.717) is 12.1 Å². The maximum absolute atomic E-state index is 15.0. The lowest BCUT2D eigenvalue weighted by molar-refractivity contribution is -0.140. The third-order valence-electron chi connectivity index (χ3n) is 8.33. The van der Waals surface area contributed by atoms with Crippen LogP contribution in [0.4, 0.5) is 13.2 Å². The normalized spacial score (nSPS) is 14.4. The van der Waals surface area contributed by atoms with E-state index in [0.717, 1.165) is 33.5 Å². The fourth-order valence-corrected chi connectivity index (χ4v) is 7.23. The molecule has 3 amide bonds. The highest BCUT2D eigenvalue weighted by molar-refractivity contribution is 7.15. The number of amides is 3. The molecule has 5 rings (SSSR count). The number of thiazole rings is 1. The van der Waals surface area contributed by atoms with Gasteiger partial charge in [-0.25, -0.2) is 18.2 Å².